The molecule has 3 nitrogen and oxygen atoms in total. The fourth-order valence-electron chi connectivity index (χ4n) is 1.35. The van der Waals surface area contributed by atoms with Crippen LogP contribution in [0.3, 0.4) is 0 Å². The van der Waals surface area contributed by atoms with E-state index in [1.165, 1.54) is 25.7 Å². The van der Waals surface area contributed by atoms with Gasteiger partial charge in [0.05, 0.1) is 6.54 Å². The van der Waals surface area contributed by atoms with E-state index >= 15 is 0 Å². The molecule has 0 bridgehead atoms. The summed E-state index contributed by atoms with van der Waals surface area (Å²) in [5.74, 6) is 0.124. The first-order valence-electron chi connectivity index (χ1n) is 6.28. The minimum Gasteiger partial charge on any atom is -0.355 e. The Morgan fingerprint density at radius 2 is 1.67 bits per heavy atom. The number of amides is 1. The topological polar surface area (TPSA) is 41.1 Å². The van der Waals surface area contributed by atoms with Crippen molar-refractivity contribution in [3.63, 3.8) is 0 Å². The Kier molecular flexibility index (Phi) is 11.1. The molecule has 0 heterocycles. The van der Waals surface area contributed by atoms with Crippen LogP contribution >= 0.6 is 0 Å². The molecule has 0 aromatic rings. The quantitative estimate of drug-likeness (QED) is 0.547. The number of unbranched alkanes of at least 4 members (excludes halogenated alkanes) is 4. The number of rotatable bonds is 10. The summed E-state index contributed by atoms with van der Waals surface area (Å²) in [6.07, 6.45) is 7.20. The molecule has 0 aliphatic carbocycles. The van der Waals surface area contributed by atoms with Crippen molar-refractivity contribution in [2.45, 2.75) is 52.4 Å². The number of hydrogen-bond donors (Lipinski definition) is 2. The number of carbonyl (C=O) groups is 1. The highest BCUT2D eigenvalue weighted by molar-refractivity contribution is 5.77. The van der Waals surface area contributed by atoms with Gasteiger partial charge in [0.15, 0.2) is 0 Å². The summed E-state index contributed by atoms with van der Waals surface area (Å²) in [5.41, 5.74) is 0. The molecule has 90 valence electrons. The van der Waals surface area contributed by atoms with Crippen molar-refractivity contribution in [2.75, 3.05) is 19.6 Å². The van der Waals surface area contributed by atoms with Crippen molar-refractivity contribution >= 4 is 5.91 Å². The van der Waals surface area contributed by atoms with E-state index in [2.05, 4.69) is 24.5 Å². The van der Waals surface area contributed by atoms with E-state index < -0.39 is 0 Å². The van der Waals surface area contributed by atoms with Gasteiger partial charge in [-0.05, 0) is 19.4 Å². The summed E-state index contributed by atoms with van der Waals surface area (Å²) >= 11 is 0. The Labute approximate surface area is 94.0 Å². The highest BCUT2D eigenvalue weighted by Gasteiger charge is 1.98. The van der Waals surface area contributed by atoms with Gasteiger partial charge in [-0.15, -0.1) is 0 Å². The summed E-state index contributed by atoms with van der Waals surface area (Å²) in [6.45, 7) is 6.57. The second-order valence-corrected chi connectivity index (χ2v) is 3.94. The fraction of sp³-hybridized carbons (Fsp3) is 0.917. The summed E-state index contributed by atoms with van der Waals surface area (Å²) in [7, 11) is 0. The van der Waals surface area contributed by atoms with Crippen LogP contribution in [0.25, 0.3) is 0 Å². The lowest BCUT2D eigenvalue weighted by molar-refractivity contribution is -0.120. The van der Waals surface area contributed by atoms with Crippen molar-refractivity contribution in [1.29, 1.82) is 0 Å². The molecule has 0 fully saturated rings. The second-order valence-electron chi connectivity index (χ2n) is 3.94. The zero-order valence-electron chi connectivity index (χ0n) is 10.3. The zero-order valence-corrected chi connectivity index (χ0v) is 10.3. The molecule has 0 saturated heterocycles. The van der Waals surface area contributed by atoms with Crippen LogP contribution in [-0.2, 0) is 4.79 Å². The van der Waals surface area contributed by atoms with Crippen molar-refractivity contribution in [1.82, 2.24) is 10.6 Å². The van der Waals surface area contributed by atoms with E-state index in [-0.39, 0.29) is 5.91 Å². The van der Waals surface area contributed by atoms with Crippen LogP contribution in [-0.4, -0.2) is 25.5 Å². The van der Waals surface area contributed by atoms with Crippen LogP contribution in [0, 0.1) is 0 Å². The van der Waals surface area contributed by atoms with Crippen LogP contribution in [0.15, 0.2) is 0 Å². The monoisotopic (exact) mass is 214 g/mol. The van der Waals surface area contributed by atoms with Crippen LogP contribution < -0.4 is 10.6 Å². The molecule has 2 N–H and O–H groups in total. The van der Waals surface area contributed by atoms with E-state index in [4.69, 9.17) is 0 Å². The molecule has 0 rings (SSSR count). The molecule has 1 amide bonds. The Morgan fingerprint density at radius 3 is 2.33 bits per heavy atom. The maximum atomic E-state index is 11.2. The summed E-state index contributed by atoms with van der Waals surface area (Å²) < 4.78 is 0. The Bertz CT molecular complexity index is 149. The van der Waals surface area contributed by atoms with E-state index in [1.54, 1.807) is 0 Å². The van der Waals surface area contributed by atoms with Gasteiger partial charge in [0.1, 0.15) is 0 Å². The van der Waals surface area contributed by atoms with Crippen LogP contribution in [0.1, 0.15) is 52.4 Å². The van der Waals surface area contributed by atoms with Gasteiger partial charge >= 0.3 is 0 Å². The Hall–Kier alpha value is -0.570. The maximum absolute atomic E-state index is 11.2. The number of carbonyl (C=O) groups excluding carboxylic acids is 1. The van der Waals surface area contributed by atoms with Crippen LogP contribution in [0.2, 0.25) is 0 Å². The van der Waals surface area contributed by atoms with E-state index in [0.717, 1.165) is 25.9 Å². The highest BCUT2D eigenvalue weighted by atomic mass is 16.1. The summed E-state index contributed by atoms with van der Waals surface area (Å²) in [4.78, 5) is 11.2. The lowest BCUT2D eigenvalue weighted by Crippen LogP contribution is -2.34. The van der Waals surface area contributed by atoms with Gasteiger partial charge in [-0.2, -0.15) is 0 Å². The van der Waals surface area contributed by atoms with Crippen molar-refractivity contribution in [3.8, 4) is 0 Å². The molecule has 0 unspecified atom stereocenters. The van der Waals surface area contributed by atoms with Crippen molar-refractivity contribution < 1.29 is 4.79 Å². The summed E-state index contributed by atoms with van der Waals surface area (Å²) in [6, 6.07) is 0. The molecular weight excluding hydrogens is 188 g/mol. The lowest BCUT2D eigenvalue weighted by atomic mass is 10.2. The van der Waals surface area contributed by atoms with Crippen LogP contribution in [0.4, 0.5) is 0 Å². The highest BCUT2D eigenvalue weighted by Crippen LogP contribution is 1.96. The maximum Gasteiger partial charge on any atom is 0.233 e. The molecule has 0 spiro atoms. The van der Waals surface area contributed by atoms with E-state index in [1.807, 2.05) is 0 Å². The third-order valence-electron chi connectivity index (χ3n) is 2.35. The molecule has 15 heavy (non-hydrogen) atoms. The van der Waals surface area contributed by atoms with Gasteiger partial charge in [0.25, 0.3) is 0 Å². The fourth-order valence-corrected chi connectivity index (χ4v) is 1.35. The molecule has 0 radical (unpaired) electrons. The summed E-state index contributed by atoms with van der Waals surface area (Å²) in [5, 5.41) is 6.04. The Balaban J connectivity index is 3.10. The molecular formula is C12H26N2O. The minimum atomic E-state index is 0.124. The third kappa shape index (κ3) is 11.4. The standard InChI is InChI=1S/C12H26N2O/c1-3-5-7-8-9-13-11-12(15)14-10-6-4-2/h13H,3-11H2,1-2H3,(H,14,15). The molecule has 0 aliphatic rings. The SMILES string of the molecule is CCCCCCNCC(=O)NCCCC. The van der Waals surface area contributed by atoms with E-state index in [9.17, 15) is 4.79 Å². The third-order valence-corrected chi connectivity index (χ3v) is 2.35. The van der Waals surface area contributed by atoms with Gasteiger partial charge < -0.3 is 10.6 Å². The van der Waals surface area contributed by atoms with Crippen molar-refractivity contribution in [2.24, 2.45) is 0 Å². The average Bonchev–Trinajstić information content (AvgIpc) is 2.23. The largest absolute Gasteiger partial charge is 0.355 e. The second kappa shape index (κ2) is 11.5. The minimum absolute atomic E-state index is 0.124. The van der Waals surface area contributed by atoms with Gasteiger partial charge in [0, 0.05) is 6.54 Å². The van der Waals surface area contributed by atoms with Crippen molar-refractivity contribution in [3.05, 3.63) is 0 Å². The number of hydrogen-bond acceptors (Lipinski definition) is 2. The molecule has 0 aromatic carbocycles. The van der Waals surface area contributed by atoms with Gasteiger partial charge in [-0.25, -0.2) is 0 Å². The van der Waals surface area contributed by atoms with Gasteiger partial charge in [0.2, 0.25) is 5.91 Å². The first-order valence-corrected chi connectivity index (χ1v) is 6.28. The number of nitrogens with one attached hydrogen (secondary N) is 2. The van der Waals surface area contributed by atoms with Gasteiger partial charge in [-0.1, -0.05) is 39.5 Å². The van der Waals surface area contributed by atoms with Crippen LogP contribution in [0.5, 0.6) is 0 Å². The molecule has 0 aliphatic heterocycles. The lowest BCUT2D eigenvalue weighted by Gasteiger charge is -2.05. The normalized spacial score (nSPS) is 10.3. The smallest absolute Gasteiger partial charge is 0.233 e. The predicted octanol–water partition coefficient (Wildman–Crippen LogP) is 2.07. The Morgan fingerprint density at radius 1 is 0.933 bits per heavy atom. The first kappa shape index (κ1) is 14.4. The molecule has 3 heteroatoms. The van der Waals surface area contributed by atoms with E-state index in [0.29, 0.717) is 6.54 Å². The van der Waals surface area contributed by atoms with Gasteiger partial charge in [-0.3, -0.25) is 4.79 Å². The average molecular weight is 214 g/mol. The zero-order chi connectivity index (χ0) is 11.4. The molecule has 0 saturated carbocycles. The molecule has 0 aromatic heterocycles. The molecule has 0 atom stereocenters. The first-order chi connectivity index (χ1) is 7.31. The predicted molar refractivity (Wildman–Crippen MR) is 64.9 cm³/mol.